The van der Waals surface area contributed by atoms with Crippen molar-refractivity contribution in [3.05, 3.63) is 11.6 Å². The van der Waals surface area contributed by atoms with Crippen molar-refractivity contribution in [3.8, 4) is 0 Å². The highest BCUT2D eigenvalue weighted by Crippen LogP contribution is 2.39. The third kappa shape index (κ3) is 0.716. The average molecular weight is 122 g/mol. The van der Waals surface area contributed by atoms with E-state index in [2.05, 4.69) is 0 Å². The summed E-state index contributed by atoms with van der Waals surface area (Å²) in [4.78, 5) is 10.8. The minimum Gasteiger partial charge on any atom is -0.295 e. The van der Waals surface area contributed by atoms with Crippen LogP contribution < -0.4 is 0 Å². The summed E-state index contributed by atoms with van der Waals surface area (Å²) in [5.74, 6) is 1.16. The average Bonchev–Trinajstić information content (AvgIpc) is 1.78. The van der Waals surface area contributed by atoms with Gasteiger partial charge in [-0.3, -0.25) is 4.79 Å². The Morgan fingerprint density at radius 1 is 1.33 bits per heavy atom. The minimum atomic E-state index is 0.348. The summed E-state index contributed by atoms with van der Waals surface area (Å²) < 4.78 is 0. The Kier molecular flexibility index (Phi) is 0.981. The lowest BCUT2D eigenvalue weighted by molar-refractivity contribution is -0.115. The molecule has 1 atom stereocenters. The van der Waals surface area contributed by atoms with Gasteiger partial charge in [-0.1, -0.05) is 5.57 Å². The first-order valence-electron chi connectivity index (χ1n) is 3.59. The summed E-state index contributed by atoms with van der Waals surface area (Å²) >= 11 is 0. The normalized spacial score (nSPS) is 32.7. The Labute approximate surface area is 54.8 Å². The van der Waals surface area contributed by atoms with Gasteiger partial charge in [0.2, 0.25) is 0 Å². The molecule has 1 fully saturated rings. The molecule has 2 aliphatic carbocycles. The molecule has 0 bridgehead atoms. The molecule has 0 amide bonds. The van der Waals surface area contributed by atoms with Crippen molar-refractivity contribution in [1.82, 2.24) is 0 Å². The van der Waals surface area contributed by atoms with Gasteiger partial charge in [0.1, 0.15) is 0 Å². The van der Waals surface area contributed by atoms with E-state index >= 15 is 0 Å². The second kappa shape index (κ2) is 1.69. The molecule has 0 saturated heterocycles. The van der Waals surface area contributed by atoms with Crippen molar-refractivity contribution in [1.29, 1.82) is 0 Å². The first-order chi connectivity index (χ1) is 4.36. The summed E-state index contributed by atoms with van der Waals surface area (Å²) in [6, 6.07) is 0. The van der Waals surface area contributed by atoms with E-state index in [0.29, 0.717) is 5.78 Å². The Balaban J connectivity index is 2.22. The molecule has 0 heterocycles. The summed E-state index contributed by atoms with van der Waals surface area (Å²) in [6.45, 7) is 0. The zero-order valence-electron chi connectivity index (χ0n) is 5.39. The van der Waals surface area contributed by atoms with Gasteiger partial charge in [-0.2, -0.15) is 0 Å². The number of hydrogen-bond donors (Lipinski definition) is 0. The fraction of sp³-hybridized carbons (Fsp3) is 0.625. The predicted molar refractivity (Wildman–Crippen MR) is 35.0 cm³/mol. The zero-order valence-corrected chi connectivity index (χ0v) is 5.39. The standard InChI is InChI=1S/C8H10O/c9-8-4-3-6-1-2-7(6)5-8/h5-6H,1-4H2. The molecule has 0 aliphatic heterocycles. The van der Waals surface area contributed by atoms with E-state index in [1.54, 1.807) is 0 Å². The lowest BCUT2D eigenvalue weighted by Gasteiger charge is -2.32. The maximum Gasteiger partial charge on any atom is 0.155 e. The lowest BCUT2D eigenvalue weighted by atomic mass is 9.73. The van der Waals surface area contributed by atoms with Crippen LogP contribution in [-0.2, 0) is 4.79 Å². The monoisotopic (exact) mass is 122 g/mol. The largest absolute Gasteiger partial charge is 0.295 e. The van der Waals surface area contributed by atoms with E-state index < -0.39 is 0 Å². The lowest BCUT2D eigenvalue weighted by Crippen LogP contribution is -2.21. The van der Waals surface area contributed by atoms with Gasteiger partial charge in [-0.05, 0) is 31.3 Å². The summed E-state index contributed by atoms with van der Waals surface area (Å²) in [6.07, 6.45) is 6.31. The van der Waals surface area contributed by atoms with E-state index in [1.165, 1.54) is 18.4 Å². The molecule has 0 N–H and O–H groups in total. The summed E-state index contributed by atoms with van der Waals surface area (Å²) in [5, 5.41) is 0. The van der Waals surface area contributed by atoms with Gasteiger partial charge in [-0.15, -0.1) is 0 Å². The number of carbonyl (C=O) groups excluding carboxylic acids is 1. The van der Waals surface area contributed by atoms with Crippen LogP contribution in [0.25, 0.3) is 0 Å². The summed E-state index contributed by atoms with van der Waals surface area (Å²) in [5.41, 5.74) is 1.42. The van der Waals surface area contributed by atoms with Crippen LogP contribution in [0.5, 0.6) is 0 Å². The van der Waals surface area contributed by atoms with Crippen molar-refractivity contribution in [2.75, 3.05) is 0 Å². The zero-order chi connectivity index (χ0) is 6.27. The van der Waals surface area contributed by atoms with Gasteiger partial charge in [0, 0.05) is 6.42 Å². The molecule has 9 heavy (non-hydrogen) atoms. The third-order valence-electron chi connectivity index (χ3n) is 2.39. The highest BCUT2D eigenvalue weighted by atomic mass is 16.1. The van der Waals surface area contributed by atoms with Crippen LogP contribution in [0.1, 0.15) is 25.7 Å². The number of ketones is 1. The van der Waals surface area contributed by atoms with Crippen LogP contribution in [0.4, 0.5) is 0 Å². The molecule has 0 aromatic carbocycles. The molecule has 1 nitrogen and oxygen atoms in total. The molecule has 0 spiro atoms. The van der Waals surface area contributed by atoms with Crippen LogP contribution in [0, 0.1) is 5.92 Å². The molecule has 2 rings (SSSR count). The van der Waals surface area contributed by atoms with Crippen molar-refractivity contribution in [2.45, 2.75) is 25.7 Å². The van der Waals surface area contributed by atoms with Crippen LogP contribution in [0.2, 0.25) is 0 Å². The highest BCUT2D eigenvalue weighted by Gasteiger charge is 2.27. The predicted octanol–water partition coefficient (Wildman–Crippen LogP) is 1.69. The molecule has 48 valence electrons. The molecule has 0 radical (unpaired) electrons. The molecule has 2 aliphatic rings. The van der Waals surface area contributed by atoms with Gasteiger partial charge in [0.05, 0.1) is 0 Å². The fourth-order valence-corrected chi connectivity index (χ4v) is 1.63. The maximum atomic E-state index is 10.8. The molecular weight excluding hydrogens is 112 g/mol. The van der Waals surface area contributed by atoms with Gasteiger partial charge < -0.3 is 0 Å². The molecule has 0 aromatic heterocycles. The summed E-state index contributed by atoms with van der Waals surface area (Å²) in [7, 11) is 0. The topological polar surface area (TPSA) is 17.1 Å². The van der Waals surface area contributed by atoms with Crippen LogP contribution in [0.3, 0.4) is 0 Å². The maximum absolute atomic E-state index is 10.8. The quantitative estimate of drug-likeness (QED) is 0.477. The molecule has 0 aromatic rings. The molecule has 1 unspecified atom stereocenters. The van der Waals surface area contributed by atoms with Crippen molar-refractivity contribution < 1.29 is 4.79 Å². The number of carbonyl (C=O) groups is 1. The van der Waals surface area contributed by atoms with Crippen LogP contribution in [-0.4, -0.2) is 5.78 Å². The Bertz CT molecular complexity index is 179. The number of hydrogen-bond acceptors (Lipinski definition) is 1. The van der Waals surface area contributed by atoms with Gasteiger partial charge in [-0.25, -0.2) is 0 Å². The van der Waals surface area contributed by atoms with Crippen molar-refractivity contribution in [3.63, 3.8) is 0 Å². The van der Waals surface area contributed by atoms with E-state index in [4.69, 9.17) is 0 Å². The molecule has 1 saturated carbocycles. The van der Waals surface area contributed by atoms with Gasteiger partial charge in [0.15, 0.2) is 5.78 Å². The highest BCUT2D eigenvalue weighted by molar-refractivity contribution is 5.91. The van der Waals surface area contributed by atoms with E-state index in [0.717, 1.165) is 18.8 Å². The smallest absolute Gasteiger partial charge is 0.155 e. The van der Waals surface area contributed by atoms with E-state index in [9.17, 15) is 4.79 Å². The van der Waals surface area contributed by atoms with Crippen molar-refractivity contribution in [2.24, 2.45) is 5.92 Å². The number of rotatable bonds is 0. The van der Waals surface area contributed by atoms with Crippen molar-refractivity contribution >= 4 is 5.78 Å². The first kappa shape index (κ1) is 5.21. The second-order valence-electron chi connectivity index (χ2n) is 2.96. The minimum absolute atomic E-state index is 0.348. The van der Waals surface area contributed by atoms with Gasteiger partial charge >= 0.3 is 0 Å². The Morgan fingerprint density at radius 3 is 2.56 bits per heavy atom. The molecule has 1 heteroatoms. The van der Waals surface area contributed by atoms with Crippen LogP contribution >= 0.6 is 0 Å². The first-order valence-corrected chi connectivity index (χ1v) is 3.59. The molecular formula is C8H10O. The van der Waals surface area contributed by atoms with Gasteiger partial charge in [0.25, 0.3) is 0 Å². The SMILES string of the molecule is O=C1C=C2CCC2CC1. The Hall–Kier alpha value is -0.590. The second-order valence-corrected chi connectivity index (χ2v) is 2.96. The fourth-order valence-electron chi connectivity index (χ4n) is 1.63. The van der Waals surface area contributed by atoms with E-state index in [-0.39, 0.29) is 0 Å². The van der Waals surface area contributed by atoms with Crippen LogP contribution in [0.15, 0.2) is 11.6 Å². The number of allylic oxidation sites excluding steroid dienone is 2. The number of fused-ring (bicyclic) bond motifs is 1. The third-order valence-corrected chi connectivity index (χ3v) is 2.39. The van der Waals surface area contributed by atoms with E-state index in [1.807, 2.05) is 6.08 Å². The Morgan fingerprint density at radius 2 is 2.11 bits per heavy atom.